The fourth-order valence-electron chi connectivity index (χ4n) is 2.45. The lowest BCUT2D eigenvalue weighted by Crippen LogP contribution is -2.45. The minimum absolute atomic E-state index is 0.0358. The molecular weight excluding hydrogens is 308 g/mol. The van der Waals surface area contributed by atoms with Gasteiger partial charge in [0, 0.05) is 13.6 Å². The van der Waals surface area contributed by atoms with E-state index >= 15 is 0 Å². The van der Waals surface area contributed by atoms with Gasteiger partial charge in [0.25, 0.3) is 0 Å². The van der Waals surface area contributed by atoms with Crippen LogP contribution in [0.2, 0.25) is 0 Å². The fourth-order valence-corrected chi connectivity index (χ4v) is 2.60. The lowest BCUT2D eigenvalue weighted by molar-refractivity contribution is 0.0779. The summed E-state index contributed by atoms with van der Waals surface area (Å²) >= 11 is 5.44. The minimum atomic E-state index is -0.0358. The van der Waals surface area contributed by atoms with Gasteiger partial charge in [-0.05, 0) is 29.9 Å². The maximum atomic E-state index is 5.96. The molecule has 23 heavy (non-hydrogen) atoms. The summed E-state index contributed by atoms with van der Waals surface area (Å²) in [6.45, 7) is 1.92. The van der Waals surface area contributed by atoms with Crippen molar-refractivity contribution >= 4 is 17.3 Å². The van der Waals surface area contributed by atoms with Crippen molar-refractivity contribution in [3.8, 4) is 11.5 Å². The van der Waals surface area contributed by atoms with Crippen molar-refractivity contribution in [1.82, 2.24) is 10.2 Å². The van der Waals surface area contributed by atoms with Crippen molar-refractivity contribution in [2.75, 3.05) is 20.2 Å². The van der Waals surface area contributed by atoms with Crippen molar-refractivity contribution in [3.05, 3.63) is 60.2 Å². The maximum absolute atomic E-state index is 5.96. The molecule has 0 saturated heterocycles. The van der Waals surface area contributed by atoms with Crippen LogP contribution in [0.4, 0.5) is 0 Å². The molecule has 5 heteroatoms. The first-order chi connectivity index (χ1) is 11.2. The van der Waals surface area contributed by atoms with E-state index in [0.717, 1.165) is 18.0 Å². The van der Waals surface area contributed by atoms with E-state index < -0.39 is 0 Å². The van der Waals surface area contributed by atoms with Crippen molar-refractivity contribution in [2.45, 2.75) is 12.6 Å². The van der Waals surface area contributed by atoms with Gasteiger partial charge in [0.1, 0.15) is 6.61 Å². The quantitative estimate of drug-likeness (QED) is 0.873. The molecule has 0 spiro atoms. The number of hydrogen-bond donors (Lipinski definition) is 1. The van der Waals surface area contributed by atoms with Crippen LogP contribution in [0, 0.1) is 0 Å². The first kappa shape index (κ1) is 15.6. The van der Waals surface area contributed by atoms with Crippen LogP contribution < -0.4 is 14.8 Å². The van der Waals surface area contributed by atoms with Gasteiger partial charge in [0.05, 0.1) is 6.54 Å². The molecule has 0 aromatic heterocycles. The molecule has 2 aromatic carbocycles. The molecule has 0 amide bonds. The molecule has 2 aromatic rings. The second-order valence-electron chi connectivity index (χ2n) is 5.52. The second kappa shape index (κ2) is 7.33. The monoisotopic (exact) mass is 328 g/mol. The average Bonchev–Trinajstić information content (AvgIpc) is 2.60. The lowest BCUT2D eigenvalue weighted by atomic mass is 10.2. The van der Waals surface area contributed by atoms with Gasteiger partial charge >= 0.3 is 0 Å². The molecule has 0 radical (unpaired) electrons. The Morgan fingerprint density at radius 3 is 2.61 bits per heavy atom. The summed E-state index contributed by atoms with van der Waals surface area (Å²) in [6.07, 6.45) is -0.0358. The molecule has 0 fully saturated rings. The summed E-state index contributed by atoms with van der Waals surface area (Å²) in [7, 11) is 1.96. The van der Waals surface area contributed by atoms with Gasteiger partial charge in [-0.3, -0.25) is 0 Å². The number of likely N-dealkylation sites (N-methyl/N-ethyl adjacent to an activating group) is 1. The smallest absolute Gasteiger partial charge is 0.169 e. The number of ether oxygens (including phenoxy) is 2. The summed E-state index contributed by atoms with van der Waals surface area (Å²) in [5, 5.41) is 3.97. The first-order valence-electron chi connectivity index (χ1n) is 7.64. The highest BCUT2D eigenvalue weighted by Crippen LogP contribution is 2.30. The SMILES string of the molecule is CN(C[C@@H]1COc2ccccc2O1)C(=S)NCc1ccccc1. The molecule has 1 aliphatic rings. The third kappa shape index (κ3) is 4.13. The van der Waals surface area contributed by atoms with Crippen molar-refractivity contribution in [3.63, 3.8) is 0 Å². The second-order valence-corrected chi connectivity index (χ2v) is 5.91. The number of benzene rings is 2. The molecule has 4 nitrogen and oxygen atoms in total. The molecule has 0 saturated carbocycles. The Hall–Kier alpha value is -2.27. The van der Waals surface area contributed by atoms with E-state index in [1.54, 1.807) is 0 Å². The van der Waals surface area contributed by atoms with E-state index in [4.69, 9.17) is 21.7 Å². The zero-order valence-electron chi connectivity index (χ0n) is 13.1. The molecule has 1 aliphatic heterocycles. The van der Waals surface area contributed by atoms with Crippen LogP contribution in [0.1, 0.15) is 5.56 Å². The van der Waals surface area contributed by atoms with Gasteiger partial charge in [0.15, 0.2) is 22.7 Å². The Bertz CT molecular complexity index is 663. The highest BCUT2D eigenvalue weighted by molar-refractivity contribution is 7.80. The Labute approximate surface area is 142 Å². The number of hydrogen-bond acceptors (Lipinski definition) is 3. The van der Waals surface area contributed by atoms with E-state index in [1.165, 1.54) is 5.56 Å². The predicted molar refractivity (Wildman–Crippen MR) is 94.9 cm³/mol. The molecular formula is C18H20N2O2S. The molecule has 0 aliphatic carbocycles. The molecule has 0 bridgehead atoms. The largest absolute Gasteiger partial charge is 0.486 e. The van der Waals surface area contributed by atoms with E-state index in [9.17, 15) is 0 Å². The number of rotatable bonds is 4. The van der Waals surface area contributed by atoms with Crippen molar-refractivity contribution < 1.29 is 9.47 Å². The van der Waals surface area contributed by atoms with E-state index in [1.807, 2.05) is 54.4 Å². The van der Waals surface area contributed by atoms with Gasteiger partial charge in [-0.15, -0.1) is 0 Å². The third-order valence-electron chi connectivity index (χ3n) is 3.68. The maximum Gasteiger partial charge on any atom is 0.169 e. The summed E-state index contributed by atoms with van der Waals surface area (Å²) in [5.74, 6) is 1.59. The Morgan fingerprint density at radius 2 is 1.83 bits per heavy atom. The highest BCUT2D eigenvalue weighted by atomic mass is 32.1. The van der Waals surface area contributed by atoms with Gasteiger partial charge < -0.3 is 19.7 Å². The van der Waals surface area contributed by atoms with Gasteiger partial charge in [-0.25, -0.2) is 0 Å². The molecule has 0 unspecified atom stereocenters. The number of fused-ring (bicyclic) bond motifs is 1. The third-order valence-corrected chi connectivity index (χ3v) is 4.13. The van der Waals surface area contributed by atoms with Crippen LogP contribution in [-0.4, -0.2) is 36.3 Å². The van der Waals surface area contributed by atoms with E-state index in [2.05, 4.69) is 17.4 Å². The van der Waals surface area contributed by atoms with Gasteiger partial charge in [0.2, 0.25) is 0 Å². The Kier molecular flexibility index (Phi) is 4.98. The van der Waals surface area contributed by atoms with E-state index in [-0.39, 0.29) is 6.10 Å². The van der Waals surface area contributed by atoms with Crippen molar-refractivity contribution in [1.29, 1.82) is 0 Å². The van der Waals surface area contributed by atoms with Crippen LogP contribution >= 0.6 is 12.2 Å². The van der Waals surface area contributed by atoms with Crippen LogP contribution in [-0.2, 0) is 6.54 Å². The lowest BCUT2D eigenvalue weighted by Gasteiger charge is -2.30. The zero-order chi connectivity index (χ0) is 16.1. The summed E-state index contributed by atoms with van der Waals surface area (Å²) in [4.78, 5) is 1.99. The summed E-state index contributed by atoms with van der Waals surface area (Å²) < 4.78 is 11.7. The molecule has 3 rings (SSSR count). The minimum Gasteiger partial charge on any atom is -0.486 e. The number of nitrogens with one attached hydrogen (secondary N) is 1. The molecule has 1 N–H and O–H groups in total. The molecule has 1 heterocycles. The van der Waals surface area contributed by atoms with Crippen LogP contribution in [0.5, 0.6) is 11.5 Å². The van der Waals surface area contributed by atoms with Crippen LogP contribution in [0.25, 0.3) is 0 Å². The summed E-state index contributed by atoms with van der Waals surface area (Å²) in [6, 6.07) is 17.9. The predicted octanol–water partition coefficient (Wildman–Crippen LogP) is 2.83. The van der Waals surface area contributed by atoms with Gasteiger partial charge in [-0.1, -0.05) is 42.5 Å². The topological polar surface area (TPSA) is 33.7 Å². The Balaban J connectivity index is 1.49. The first-order valence-corrected chi connectivity index (χ1v) is 8.04. The van der Waals surface area contributed by atoms with Crippen LogP contribution in [0.15, 0.2) is 54.6 Å². The summed E-state index contributed by atoms with van der Waals surface area (Å²) in [5.41, 5.74) is 1.20. The molecule has 120 valence electrons. The van der Waals surface area contributed by atoms with Crippen molar-refractivity contribution in [2.24, 2.45) is 0 Å². The standard InChI is InChI=1S/C18H20N2O2S/c1-20(18(23)19-11-14-7-3-2-4-8-14)12-15-13-21-16-9-5-6-10-17(16)22-15/h2-10,15H,11-13H2,1H3,(H,19,23)/t15-/m1/s1. The normalized spacial score (nSPS) is 15.8. The zero-order valence-corrected chi connectivity index (χ0v) is 13.9. The average molecular weight is 328 g/mol. The molecule has 1 atom stereocenters. The number of thiocarbonyl (C=S) groups is 1. The van der Waals surface area contributed by atoms with E-state index in [0.29, 0.717) is 18.3 Å². The van der Waals surface area contributed by atoms with Crippen LogP contribution in [0.3, 0.4) is 0 Å². The number of nitrogens with zero attached hydrogens (tertiary/aromatic N) is 1. The number of para-hydroxylation sites is 2. The fraction of sp³-hybridized carbons (Fsp3) is 0.278. The highest BCUT2D eigenvalue weighted by Gasteiger charge is 2.22. The van der Waals surface area contributed by atoms with Gasteiger partial charge in [-0.2, -0.15) is 0 Å². The Morgan fingerprint density at radius 1 is 1.13 bits per heavy atom.